The molecule has 1 aromatic heterocycles. The van der Waals surface area contributed by atoms with E-state index in [0.717, 1.165) is 36.7 Å². The van der Waals surface area contributed by atoms with Gasteiger partial charge < -0.3 is 10.2 Å². The molecule has 0 aliphatic carbocycles. The zero-order chi connectivity index (χ0) is 15.3. The lowest BCUT2D eigenvalue weighted by atomic mass is 10.1. The molecule has 1 heterocycles. The summed E-state index contributed by atoms with van der Waals surface area (Å²) in [5.41, 5.74) is 3.62. The third-order valence-corrected chi connectivity index (χ3v) is 2.99. The second-order valence-corrected chi connectivity index (χ2v) is 6.55. The van der Waals surface area contributed by atoms with Gasteiger partial charge in [-0.15, -0.1) is 0 Å². The van der Waals surface area contributed by atoms with Crippen molar-refractivity contribution in [1.82, 2.24) is 10.3 Å². The first kappa shape index (κ1) is 16.7. The minimum Gasteiger partial charge on any atom is -0.353 e. The van der Waals surface area contributed by atoms with Gasteiger partial charge in [-0.05, 0) is 59.2 Å². The van der Waals surface area contributed by atoms with E-state index >= 15 is 0 Å². The molecule has 0 saturated heterocycles. The Morgan fingerprint density at radius 2 is 2.00 bits per heavy atom. The van der Waals surface area contributed by atoms with Crippen LogP contribution in [0.1, 0.15) is 45.9 Å². The molecular weight excluding hydrogens is 246 g/mol. The molecule has 20 heavy (non-hydrogen) atoms. The highest BCUT2D eigenvalue weighted by atomic mass is 15.2. The van der Waals surface area contributed by atoms with Crippen molar-refractivity contribution in [1.29, 1.82) is 0 Å². The second kappa shape index (κ2) is 6.89. The molecule has 0 aromatic carbocycles. The smallest absolute Gasteiger partial charge is 0.129 e. The Balaban J connectivity index is 2.92. The predicted octanol–water partition coefficient (Wildman–Crippen LogP) is 3.68. The predicted molar refractivity (Wildman–Crippen MR) is 88.3 cm³/mol. The van der Waals surface area contributed by atoms with Crippen LogP contribution in [0.4, 0.5) is 5.82 Å². The first-order chi connectivity index (χ1) is 9.21. The number of aryl methyl sites for hydroxylation is 1. The maximum absolute atomic E-state index is 4.66. The summed E-state index contributed by atoms with van der Waals surface area (Å²) >= 11 is 0. The van der Waals surface area contributed by atoms with Gasteiger partial charge in [0.1, 0.15) is 5.82 Å². The number of aromatic nitrogens is 1. The van der Waals surface area contributed by atoms with Gasteiger partial charge in [0, 0.05) is 30.9 Å². The highest BCUT2D eigenvalue weighted by molar-refractivity contribution is 5.43. The zero-order valence-electron chi connectivity index (χ0n) is 13.9. The van der Waals surface area contributed by atoms with E-state index in [4.69, 9.17) is 0 Å². The number of pyridine rings is 1. The van der Waals surface area contributed by atoms with Crippen molar-refractivity contribution >= 4 is 5.82 Å². The number of hydrogen-bond donors (Lipinski definition) is 1. The molecule has 0 amide bonds. The summed E-state index contributed by atoms with van der Waals surface area (Å²) < 4.78 is 0. The molecule has 0 radical (unpaired) electrons. The Morgan fingerprint density at radius 1 is 1.35 bits per heavy atom. The molecular formula is C17H29N3. The molecule has 0 fully saturated rings. The maximum atomic E-state index is 4.66. The van der Waals surface area contributed by atoms with Gasteiger partial charge in [0.25, 0.3) is 0 Å². The first-order valence-corrected chi connectivity index (χ1v) is 7.33. The fourth-order valence-corrected chi connectivity index (χ4v) is 2.03. The molecule has 1 N–H and O–H groups in total. The number of anilines is 1. The first-order valence-electron chi connectivity index (χ1n) is 7.33. The molecule has 1 rings (SSSR count). The summed E-state index contributed by atoms with van der Waals surface area (Å²) in [5, 5.41) is 3.53. The van der Waals surface area contributed by atoms with Crippen LogP contribution in [-0.4, -0.2) is 23.6 Å². The van der Waals surface area contributed by atoms with Crippen molar-refractivity contribution in [3.8, 4) is 0 Å². The molecule has 3 nitrogen and oxygen atoms in total. The van der Waals surface area contributed by atoms with E-state index in [1.165, 1.54) is 5.56 Å². The van der Waals surface area contributed by atoms with E-state index in [9.17, 15) is 0 Å². The lowest BCUT2D eigenvalue weighted by Crippen LogP contribution is -2.35. The highest BCUT2D eigenvalue weighted by Gasteiger charge is 2.11. The molecule has 0 atom stereocenters. The SMILES string of the molecule is C=C(C)CN(CC)c1cc(CNC(C)(C)C)cc(C)n1. The van der Waals surface area contributed by atoms with Crippen molar-refractivity contribution < 1.29 is 0 Å². The topological polar surface area (TPSA) is 28.2 Å². The normalized spacial score (nSPS) is 11.5. The zero-order valence-corrected chi connectivity index (χ0v) is 13.9. The number of hydrogen-bond acceptors (Lipinski definition) is 3. The lowest BCUT2D eigenvalue weighted by Gasteiger charge is -2.24. The second-order valence-electron chi connectivity index (χ2n) is 6.55. The van der Waals surface area contributed by atoms with Crippen molar-refractivity contribution in [2.75, 3.05) is 18.0 Å². The monoisotopic (exact) mass is 275 g/mol. The van der Waals surface area contributed by atoms with Crippen LogP contribution in [0.25, 0.3) is 0 Å². The molecule has 1 aromatic rings. The van der Waals surface area contributed by atoms with Gasteiger partial charge in [-0.3, -0.25) is 0 Å². The van der Waals surface area contributed by atoms with Crippen LogP contribution in [0.15, 0.2) is 24.3 Å². The van der Waals surface area contributed by atoms with Gasteiger partial charge in [0.15, 0.2) is 0 Å². The van der Waals surface area contributed by atoms with E-state index in [1.54, 1.807) is 0 Å². The fourth-order valence-electron chi connectivity index (χ4n) is 2.03. The number of nitrogens with zero attached hydrogens (tertiary/aromatic N) is 2. The molecule has 0 unspecified atom stereocenters. The summed E-state index contributed by atoms with van der Waals surface area (Å²) in [6, 6.07) is 4.33. The summed E-state index contributed by atoms with van der Waals surface area (Å²) in [6.07, 6.45) is 0. The van der Waals surface area contributed by atoms with Gasteiger partial charge in [0.05, 0.1) is 0 Å². The van der Waals surface area contributed by atoms with Crippen molar-refractivity contribution in [2.45, 2.75) is 53.6 Å². The molecule has 0 aliphatic rings. The largest absolute Gasteiger partial charge is 0.353 e. The highest BCUT2D eigenvalue weighted by Crippen LogP contribution is 2.16. The van der Waals surface area contributed by atoms with Crippen LogP contribution in [0, 0.1) is 6.92 Å². The molecule has 3 heteroatoms. The van der Waals surface area contributed by atoms with E-state index in [2.05, 4.69) is 75.5 Å². The number of nitrogens with one attached hydrogen (secondary N) is 1. The van der Waals surface area contributed by atoms with Crippen molar-refractivity contribution in [3.63, 3.8) is 0 Å². The molecule has 0 aliphatic heterocycles. The van der Waals surface area contributed by atoms with Gasteiger partial charge >= 0.3 is 0 Å². The molecule has 0 bridgehead atoms. The van der Waals surface area contributed by atoms with Gasteiger partial charge in [0.2, 0.25) is 0 Å². The van der Waals surface area contributed by atoms with Crippen LogP contribution in [0.3, 0.4) is 0 Å². The third kappa shape index (κ3) is 5.74. The molecule has 112 valence electrons. The summed E-state index contributed by atoms with van der Waals surface area (Å²) in [7, 11) is 0. The van der Waals surface area contributed by atoms with E-state index < -0.39 is 0 Å². The standard InChI is InChI=1S/C17H29N3/c1-8-20(12-13(2)3)16-10-15(9-14(4)19-16)11-18-17(5,6)7/h9-10,18H,2,8,11-12H2,1,3-7H3. The molecule has 0 saturated carbocycles. The van der Waals surface area contributed by atoms with Gasteiger partial charge in [-0.1, -0.05) is 12.2 Å². The van der Waals surface area contributed by atoms with Crippen LogP contribution in [-0.2, 0) is 6.54 Å². The minimum atomic E-state index is 0.124. The molecule has 0 spiro atoms. The Hall–Kier alpha value is -1.35. The number of rotatable bonds is 6. The average molecular weight is 275 g/mol. The van der Waals surface area contributed by atoms with Gasteiger partial charge in [-0.2, -0.15) is 0 Å². The summed E-state index contributed by atoms with van der Waals surface area (Å²) in [5.74, 6) is 1.04. The van der Waals surface area contributed by atoms with Crippen molar-refractivity contribution in [3.05, 3.63) is 35.5 Å². The van der Waals surface area contributed by atoms with Crippen LogP contribution in [0.5, 0.6) is 0 Å². The lowest BCUT2D eigenvalue weighted by molar-refractivity contribution is 0.424. The van der Waals surface area contributed by atoms with Crippen LogP contribution < -0.4 is 10.2 Å². The Labute approximate surface area is 124 Å². The summed E-state index contributed by atoms with van der Waals surface area (Å²) in [6.45, 7) is 19.5. The van der Waals surface area contributed by atoms with Crippen LogP contribution >= 0.6 is 0 Å². The fraction of sp³-hybridized carbons (Fsp3) is 0.588. The minimum absolute atomic E-state index is 0.124. The van der Waals surface area contributed by atoms with E-state index in [0.29, 0.717) is 0 Å². The van der Waals surface area contributed by atoms with Gasteiger partial charge in [-0.25, -0.2) is 4.98 Å². The Morgan fingerprint density at radius 3 is 2.50 bits per heavy atom. The van der Waals surface area contributed by atoms with Crippen molar-refractivity contribution in [2.24, 2.45) is 0 Å². The third-order valence-electron chi connectivity index (χ3n) is 2.99. The quantitative estimate of drug-likeness (QED) is 0.803. The number of likely N-dealkylation sites (N-methyl/N-ethyl adjacent to an activating group) is 1. The average Bonchev–Trinajstić information content (AvgIpc) is 2.31. The maximum Gasteiger partial charge on any atom is 0.129 e. The van der Waals surface area contributed by atoms with Crippen LogP contribution in [0.2, 0.25) is 0 Å². The Kier molecular flexibility index (Phi) is 5.75. The van der Waals surface area contributed by atoms with E-state index in [1.807, 2.05) is 0 Å². The Bertz CT molecular complexity index is 458. The van der Waals surface area contributed by atoms with E-state index in [-0.39, 0.29) is 5.54 Å². The summed E-state index contributed by atoms with van der Waals surface area (Å²) in [4.78, 5) is 6.92.